The predicted molar refractivity (Wildman–Crippen MR) is 102 cm³/mol. The second kappa shape index (κ2) is 8.93. The first-order valence-corrected chi connectivity index (χ1v) is 12.7. The lowest BCUT2D eigenvalue weighted by Gasteiger charge is -2.09. The van der Waals surface area contributed by atoms with Crippen LogP contribution < -0.4 is 9.44 Å². The average molecular weight is 433 g/mol. The molecule has 2 rings (SSSR count). The normalized spacial score (nSPS) is 12.7. The molecule has 0 saturated heterocycles. The summed E-state index contributed by atoms with van der Waals surface area (Å²) in [5.41, 5.74) is 0. The Kier molecular flexibility index (Phi) is 7.12. The largest absolute Gasteiger partial charge is 0.240 e. The van der Waals surface area contributed by atoms with Gasteiger partial charge >= 0.3 is 0 Å². The third-order valence-corrected chi connectivity index (χ3v) is 8.12. The average Bonchev–Trinajstić information content (AvgIpc) is 2.62. The van der Waals surface area contributed by atoms with Gasteiger partial charge in [0.15, 0.2) is 9.84 Å². The summed E-state index contributed by atoms with van der Waals surface area (Å²) in [5.74, 6) is -0.877. The first kappa shape index (κ1) is 21.5. The molecule has 2 aromatic carbocycles. The summed E-state index contributed by atoms with van der Waals surface area (Å²) in [4.78, 5) is 0.0797. The Morgan fingerprint density at radius 1 is 0.556 bits per heavy atom. The Morgan fingerprint density at radius 2 is 0.889 bits per heavy atom. The summed E-state index contributed by atoms with van der Waals surface area (Å²) < 4.78 is 76.5. The lowest BCUT2D eigenvalue weighted by atomic mass is 10.4. The Labute approximate surface area is 159 Å². The van der Waals surface area contributed by atoms with Crippen LogP contribution in [0.1, 0.15) is 0 Å². The van der Waals surface area contributed by atoms with E-state index in [2.05, 4.69) is 9.44 Å². The molecular weight excluding hydrogens is 412 g/mol. The molecule has 2 aromatic rings. The van der Waals surface area contributed by atoms with Crippen molar-refractivity contribution in [3.05, 3.63) is 60.7 Å². The van der Waals surface area contributed by atoms with Crippen LogP contribution in [0.15, 0.2) is 70.5 Å². The zero-order chi connectivity index (χ0) is 20.0. The van der Waals surface area contributed by atoms with Crippen molar-refractivity contribution in [2.75, 3.05) is 24.6 Å². The second-order valence-corrected chi connectivity index (χ2v) is 11.4. The molecule has 0 aliphatic heterocycles. The molecule has 0 aliphatic carbocycles. The minimum absolute atomic E-state index is 0.0398. The lowest BCUT2D eigenvalue weighted by Crippen LogP contribution is -2.33. The van der Waals surface area contributed by atoms with E-state index >= 15 is 0 Å². The third kappa shape index (κ3) is 6.70. The number of rotatable bonds is 10. The highest BCUT2D eigenvalue weighted by molar-refractivity contribution is 7.92. The fraction of sp³-hybridized carbons (Fsp3) is 0.250. The molecule has 148 valence electrons. The van der Waals surface area contributed by atoms with E-state index in [4.69, 9.17) is 0 Å². The Balaban J connectivity index is 1.84. The van der Waals surface area contributed by atoms with Gasteiger partial charge in [0.2, 0.25) is 20.0 Å². The van der Waals surface area contributed by atoms with E-state index in [0.29, 0.717) is 0 Å². The van der Waals surface area contributed by atoms with E-state index in [-0.39, 0.29) is 22.9 Å². The molecule has 0 amide bonds. The molecular formula is C16H20N2O6S3. The summed E-state index contributed by atoms with van der Waals surface area (Å²) in [7, 11) is -11.2. The lowest BCUT2D eigenvalue weighted by molar-refractivity contribution is 0.579. The quantitative estimate of drug-likeness (QED) is 0.558. The Morgan fingerprint density at radius 3 is 1.22 bits per heavy atom. The monoisotopic (exact) mass is 432 g/mol. The molecule has 0 spiro atoms. The molecule has 0 fully saturated rings. The van der Waals surface area contributed by atoms with Crippen LogP contribution in [0.25, 0.3) is 0 Å². The minimum Gasteiger partial charge on any atom is -0.229 e. The van der Waals surface area contributed by atoms with E-state index in [1.807, 2.05) is 0 Å². The SMILES string of the molecule is O=S(=O)(CCNS(=O)(=O)c1ccccc1)CCNS(=O)(=O)c1ccccc1. The van der Waals surface area contributed by atoms with Crippen molar-refractivity contribution in [3.63, 3.8) is 0 Å². The maximum absolute atomic E-state index is 12.0. The van der Waals surface area contributed by atoms with Gasteiger partial charge in [-0.3, -0.25) is 0 Å². The molecule has 0 aromatic heterocycles. The second-order valence-electron chi connectivity index (χ2n) is 5.57. The predicted octanol–water partition coefficient (Wildman–Crippen LogP) is 0.358. The van der Waals surface area contributed by atoms with Crippen molar-refractivity contribution in [3.8, 4) is 0 Å². The molecule has 0 atom stereocenters. The number of hydrogen-bond acceptors (Lipinski definition) is 6. The molecule has 0 aliphatic rings. The summed E-state index contributed by atoms with van der Waals surface area (Å²) in [6.45, 7) is -0.601. The Bertz CT molecular complexity index is 970. The van der Waals surface area contributed by atoms with Crippen molar-refractivity contribution in [1.29, 1.82) is 0 Å². The molecule has 11 heteroatoms. The van der Waals surface area contributed by atoms with E-state index < -0.39 is 41.4 Å². The zero-order valence-corrected chi connectivity index (χ0v) is 16.7. The number of hydrogen-bond donors (Lipinski definition) is 2. The summed E-state index contributed by atoms with van der Waals surface area (Å²) in [6, 6.07) is 15.2. The standard InChI is InChI=1S/C16H20N2O6S3/c19-25(20,13-11-17-26(21,22)15-7-3-1-4-8-15)14-12-18-27(23,24)16-9-5-2-6-10-16/h1-10,17-18H,11-14H2. The van der Waals surface area contributed by atoms with Crippen LogP contribution in [0.3, 0.4) is 0 Å². The van der Waals surface area contributed by atoms with Gasteiger partial charge in [0.1, 0.15) is 0 Å². The third-order valence-electron chi connectivity index (χ3n) is 3.52. The summed E-state index contributed by atoms with van der Waals surface area (Å²) in [5, 5.41) is 0. The molecule has 0 saturated carbocycles. The molecule has 0 radical (unpaired) electrons. The first-order valence-electron chi connectivity index (χ1n) is 7.92. The van der Waals surface area contributed by atoms with Crippen LogP contribution in [0, 0.1) is 0 Å². The van der Waals surface area contributed by atoms with Gasteiger partial charge in [-0.25, -0.2) is 34.7 Å². The van der Waals surface area contributed by atoms with E-state index in [0.717, 1.165) is 0 Å². The van der Waals surface area contributed by atoms with Crippen LogP contribution in [0.5, 0.6) is 0 Å². The number of nitrogens with one attached hydrogen (secondary N) is 2. The van der Waals surface area contributed by atoms with E-state index in [1.165, 1.54) is 24.3 Å². The van der Waals surface area contributed by atoms with Gasteiger partial charge in [-0.05, 0) is 24.3 Å². The topological polar surface area (TPSA) is 126 Å². The highest BCUT2D eigenvalue weighted by Gasteiger charge is 2.18. The van der Waals surface area contributed by atoms with Gasteiger partial charge < -0.3 is 0 Å². The maximum Gasteiger partial charge on any atom is 0.240 e. The van der Waals surface area contributed by atoms with Crippen LogP contribution in [0.4, 0.5) is 0 Å². The van der Waals surface area contributed by atoms with Crippen molar-refractivity contribution in [2.45, 2.75) is 9.79 Å². The number of sulfonamides is 2. The van der Waals surface area contributed by atoms with Crippen LogP contribution in [0.2, 0.25) is 0 Å². The highest BCUT2D eigenvalue weighted by atomic mass is 32.2. The number of sulfone groups is 1. The van der Waals surface area contributed by atoms with Crippen molar-refractivity contribution >= 4 is 29.9 Å². The molecule has 0 unspecified atom stereocenters. The zero-order valence-electron chi connectivity index (χ0n) is 14.3. The summed E-state index contributed by atoms with van der Waals surface area (Å²) in [6.07, 6.45) is 0. The van der Waals surface area contributed by atoms with E-state index in [1.54, 1.807) is 36.4 Å². The molecule has 2 N–H and O–H groups in total. The minimum atomic E-state index is -3.79. The fourth-order valence-corrected chi connectivity index (χ4v) is 5.53. The highest BCUT2D eigenvalue weighted by Crippen LogP contribution is 2.08. The maximum atomic E-state index is 12.0. The first-order chi connectivity index (χ1) is 12.6. The molecule has 0 heterocycles. The molecule has 27 heavy (non-hydrogen) atoms. The van der Waals surface area contributed by atoms with Gasteiger partial charge in [0, 0.05) is 13.1 Å². The Hall–Kier alpha value is -1.79. The van der Waals surface area contributed by atoms with Crippen LogP contribution in [-0.2, 0) is 29.9 Å². The smallest absolute Gasteiger partial charge is 0.229 e. The molecule has 8 nitrogen and oxygen atoms in total. The number of benzene rings is 2. The van der Waals surface area contributed by atoms with E-state index in [9.17, 15) is 25.3 Å². The van der Waals surface area contributed by atoms with Crippen molar-refractivity contribution in [1.82, 2.24) is 9.44 Å². The van der Waals surface area contributed by atoms with Gasteiger partial charge in [0.05, 0.1) is 21.3 Å². The van der Waals surface area contributed by atoms with Gasteiger partial charge in [0.25, 0.3) is 0 Å². The molecule has 0 bridgehead atoms. The van der Waals surface area contributed by atoms with Crippen molar-refractivity contribution in [2.24, 2.45) is 0 Å². The van der Waals surface area contributed by atoms with Crippen LogP contribution in [-0.4, -0.2) is 49.8 Å². The van der Waals surface area contributed by atoms with Gasteiger partial charge in [-0.15, -0.1) is 0 Å². The van der Waals surface area contributed by atoms with Gasteiger partial charge in [-0.1, -0.05) is 36.4 Å². The van der Waals surface area contributed by atoms with Crippen molar-refractivity contribution < 1.29 is 25.3 Å². The summed E-state index contributed by atoms with van der Waals surface area (Å²) >= 11 is 0. The fourth-order valence-electron chi connectivity index (χ4n) is 2.13. The van der Waals surface area contributed by atoms with Crippen LogP contribution >= 0.6 is 0 Å². The van der Waals surface area contributed by atoms with Gasteiger partial charge in [-0.2, -0.15) is 0 Å².